The Balaban J connectivity index is 1.24. The number of methoxy groups -OCH3 is 1. The molecular weight excluding hydrogens is 510 g/mol. The van der Waals surface area contributed by atoms with Crippen LogP contribution in [0.4, 0.5) is 5.82 Å². The van der Waals surface area contributed by atoms with Gasteiger partial charge in [0.25, 0.3) is 5.91 Å². The van der Waals surface area contributed by atoms with E-state index < -0.39 is 0 Å². The second-order valence-electron chi connectivity index (χ2n) is 10.2. The Morgan fingerprint density at radius 2 is 1.56 bits per heavy atom. The zero-order valence-corrected chi connectivity index (χ0v) is 22.8. The van der Waals surface area contributed by atoms with E-state index in [9.17, 15) is 4.79 Å². The van der Waals surface area contributed by atoms with Gasteiger partial charge < -0.3 is 19.1 Å². The highest BCUT2D eigenvalue weighted by Gasteiger charge is 2.27. The van der Waals surface area contributed by atoms with E-state index in [1.165, 1.54) is 0 Å². The maximum absolute atomic E-state index is 13.6. The van der Waals surface area contributed by atoms with Gasteiger partial charge in [-0.3, -0.25) is 4.79 Å². The molecule has 6 aromatic rings. The minimum absolute atomic E-state index is 0.0726. The molecule has 1 aliphatic rings. The maximum Gasteiger partial charge on any atom is 0.254 e. The number of hydrogen-bond acceptors (Lipinski definition) is 5. The highest BCUT2D eigenvalue weighted by atomic mass is 16.5. The van der Waals surface area contributed by atoms with E-state index in [0.29, 0.717) is 26.2 Å². The SMILES string of the molecule is COc1cccc(-n2cc(-c3ccccc3)c3c(N4CCN(C(=O)c5cccc6ccccc56)CC4)ncnc32)c1. The third kappa shape index (κ3) is 4.45. The molecule has 7 heteroatoms. The minimum atomic E-state index is 0.0726. The fraction of sp³-hybridized carbons (Fsp3) is 0.147. The highest BCUT2D eigenvalue weighted by Crippen LogP contribution is 2.37. The summed E-state index contributed by atoms with van der Waals surface area (Å²) >= 11 is 0. The molecule has 3 heterocycles. The lowest BCUT2D eigenvalue weighted by atomic mass is 10.0. The van der Waals surface area contributed by atoms with Crippen LogP contribution in [0.2, 0.25) is 0 Å². The third-order valence-corrected chi connectivity index (χ3v) is 7.87. The summed E-state index contributed by atoms with van der Waals surface area (Å²) in [6.07, 6.45) is 3.77. The van der Waals surface area contributed by atoms with Crippen LogP contribution in [0.5, 0.6) is 5.75 Å². The molecule has 0 N–H and O–H groups in total. The first kappa shape index (κ1) is 24.8. The Morgan fingerprint density at radius 1 is 0.805 bits per heavy atom. The van der Waals surface area contributed by atoms with E-state index in [0.717, 1.165) is 55.8 Å². The summed E-state index contributed by atoms with van der Waals surface area (Å²) in [7, 11) is 1.67. The number of hydrogen-bond donors (Lipinski definition) is 0. The van der Waals surface area contributed by atoms with Crippen LogP contribution in [-0.2, 0) is 0 Å². The van der Waals surface area contributed by atoms with Crippen molar-refractivity contribution >= 4 is 33.5 Å². The van der Waals surface area contributed by atoms with Crippen molar-refractivity contribution in [3.63, 3.8) is 0 Å². The van der Waals surface area contributed by atoms with E-state index >= 15 is 0 Å². The summed E-state index contributed by atoms with van der Waals surface area (Å²) < 4.78 is 7.60. The summed E-state index contributed by atoms with van der Waals surface area (Å²) in [5.74, 6) is 1.74. The number of carbonyl (C=O) groups is 1. The van der Waals surface area contributed by atoms with Gasteiger partial charge in [-0.2, -0.15) is 0 Å². The van der Waals surface area contributed by atoms with Crippen LogP contribution in [0.15, 0.2) is 110 Å². The molecule has 0 atom stereocenters. The Bertz CT molecular complexity index is 1870. The number of aromatic nitrogens is 3. The van der Waals surface area contributed by atoms with Gasteiger partial charge in [-0.1, -0.05) is 72.8 Å². The Morgan fingerprint density at radius 3 is 2.39 bits per heavy atom. The number of carbonyl (C=O) groups excluding carboxylic acids is 1. The Kier molecular flexibility index (Phi) is 6.32. The van der Waals surface area contributed by atoms with Crippen molar-refractivity contribution in [1.29, 1.82) is 0 Å². The Labute approximate surface area is 238 Å². The number of anilines is 1. The monoisotopic (exact) mass is 539 g/mol. The van der Waals surface area contributed by atoms with Gasteiger partial charge in [0.2, 0.25) is 0 Å². The van der Waals surface area contributed by atoms with Gasteiger partial charge >= 0.3 is 0 Å². The number of piperazine rings is 1. The van der Waals surface area contributed by atoms with Crippen LogP contribution < -0.4 is 9.64 Å². The first-order chi connectivity index (χ1) is 20.2. The molecule has 1 fully saturated rings. The molecule has 1 saturated heterocycles. The lowest BCUT2D eigenvalue weighted by Gasteiger charge is -2.36. The van der Waals surface area contributed by atoms with Crippen LogP contribution in [0, 0.1) is 0 Å². The van der Waals surface area contributed by atoms with Crippen LogP contribution in [0.3, 0.4) is 0 Å². The molecule has 0 saturated carbocycles. The summed E-state index contributed by atoms with van der Waals surface area (Å²) in [5, 5.41) is 3.07. The van der Waals surface area contributed by atoms with Crippen molar-refractivity contribution in [3.8, 4) is 22.6 Å². The van der Waals surface area contributed by atoms with Crippen molar-refractivity contribution in [1.82, 2.24) is 19.4 Å². The maximum atomic E-state index is 13.6. The smallest absolute Gasteiger partial charge is 0.254 e. The number of benzene rings is 4. The molecule has 0 bridgehead atoms. The molecule has 1 amide bonds. The van der Waals surface area contributed by atoms with Crippen LogP contribution in [0.1, 0.15) is 10.4 Å². The van der Waals surface area contributed by atoms with Gasteiger partial charge in [-0.05, 0) is 34.5 Å². The topological polar surface area (TPSA) is 63.5 Å². The van der Waals surface area contributed by atoms with E-state index in [1.54, 1.807) is 13.4 Å². The van der Waals surface area contributed by atoms with Crippen LogP contribution >= 0.6 is 0 Å². The average Bonchev–Trinajstić information content (AvgIpc) is 3.45. The predicted molar refractivity (Wildman–Crippen MR) is 163 cm³/mol. The van der Waals surface area contributed by atoms with Gasteiger partial charge in [0.15, 0.2) is 5.65 Å². The molecule has 202 valence electrons. The number of fused-ring (bicyclic) bond motifs is 2. The van der Waals surface area contributed by atoms with Crippen LogP contribution in [-0.4, -0.2) is 58.6 Å². The fourth-order valence-corrected chi connectivity index (χ4v) is 5.78. The summed E-state index contributed by atoms with van der Waals surface area (Å²) in [5.41, 5.74) is 4.71. The molecule has 0 aliphatic carbocycles. The number of rotatable bonds is 5. The normalized spacial score (nSPS) is 13.6. The molecule has 7 nitrogen and oxygen atoms in total. The zero-order valence-electron chi connectivity index (χ0n) is 22.8. The standard InChI is InChI=1S/C34H29N5O2/c1-41-27-14-8-13-26(21-27)39-22-30(25-9-3-2-4-10-25)31-32(35-23-36-33(31)39)37-17-19-38(20-18-37)34(40)29-16-7-12-24-11-5-6-15-28(24)29/h2-16,21-23H,17-20H2,1H3. The predicted octanol–water partition coefficient (Wildman–Crippen LogP) is 6.21. The zero-order chi connectivity index (χ0) is 27.8. The largest absolute Gasteiger partial charge is 0.497 e. The third-order valence-electron chi connectivity index (χ3n) is 7.87. The second-order valence-corrected chi connectivity index (χ2v) is 10.2. The van der Waals surface area contributed by atoms with Gasteiger partial charge in [-0.15, -0.1) is 0 Å². The molecule has 0 radical (unpaired) electrons. The van der Waals surface area contributed by atoms with Crippen molar-refractivity contribution < 1.29 is 9.53 Å². The molecular formula is C34H29N5O2. The minimum Gasteiger partial charge on any atom is -0.497 e. The summed E-state index contributed by atoms with van der Waals surface area (Å²) in [4.78, 5) is 27.4. The van der Waals surface area contributed by atoms with Gasteiger partial charge in [-0.25, -0.2) is 9.97 Å². The van der Waals surface area contributed by atoms with Crippen molar-refractivity contribution in [2.45, 2.75) is 0 Å². The van der Waals surface area contributed by atoms with Crippen molar-refractivity contribution in [2.75, 3.05) is 38.2 Å². The summed E-state index contributed by atoms with van der Waals surface area (Å²) in [6.45, 7) is 2.60. The van der Waals surface area contributed by atoms with E-state index in [4.69, 9.17) is 14.7 Å². The lowest BCUT2D eigenvalue weighted by molar-refractivity contribution is 0.0748. The molecule has 4 aromatic carbocycles. The molecule has 7 rings (SSSR count). The fourth-order valence-electron chi connectivity index (χ4n) is 5.78. The van der Waals surface area contributed by atoms with Crippen LogP contribution in [0.25, 0.3) is 38.6 Å². The first-order valence-corrected chi connectivity index (χ1v) is 13.8. The average molecular weight is 540 g/mol. The molecule has 0 unspecified atom stereocenters. The summed E-state index contributed by atoms with van der Waals surface area (Å²) in [6, 6.07) is 32.3. The van der Waals surface area contributed by atoms with Gasteiger partial charge in [0, 0.05) is 49.6 Å². The Hall–Kier alpha value is -5.17. The molecule has 1 aliphatic heterocycles. The van der Waals surface area contributed by atoms with E-state index in [2.05, 4.69) is 33.9 Å². The first-order valence-electron chi connectivity index (χ1n) is 13.8. The number of nitrogens with zero attached hydrogens (tertiary/aromatic N) is 5. The van der Waals surface area contributed by atoms with Gasteiger partial charge in [0.05, 0.1) is 18.2 Å². The van der Waals surface area contributed by atoms with E-state index in [-0.39, 0.29) is 5.91 Å². The second kappa shape index (κ2) is 10.4. The highest BCUT2D eigenvalue weighted by molar-refractivity contribution is 6.07. The quantitative estimate of drug-likeness (QED) is 0.261. The molecule has 0 spiro atoms. The number of ether oxygens (including phenoxy) is 1. The molecule has 2 aromatic heterocycles. The van der Waals surface area contributed by atoms with Crippen molar-refractivity contribution in [2.24, 2.45) is 0 Å². The van der Waals surface area contributed by atoms with E-state index in [1.807, 2.05) is 83.8 Å². The lowest BCUT2D eigenvalue weighted by Crippen LogP contribution is -2.49. The van der Waals surface area contributed by atoms with Gasteiger partial charge in [0.1, 0.15) is 17.9 Å². The van der Waals surface area contributed by atoms with Crippen molar-refractivity contribution in [3.05, 3.63) is 115 Å². The number of amides is 1. The molecule has 41 heavy (non-hydrogen) atoms.